The van der Waals surface area contributed by atoms with Crippen molar-refractivity contribution in [2.24, 2.45) is 0 Å². The molecule has 4 heteroatoms. The van der Waals surface area contributed by atoms with Crippen molar-refractivity contribution < 1.29 is 0 Å². The molecule has 0 bridgehead atoms. The SMILES string of the molecule is CCCN(C)C.Cl.Cl.N. The van der Waals surface area contributed by atoms with Crippen LogP contribution in [0.25, 0.3) is 0 Å². The second kappa shape index (κ2) is 15.8. The maximum atomic E-state index is 2.18. The molecule has 0 saturated carbocycles. The molecule has 9 heavy (non-hydrogen) atoms. The van der Waals surface area contributed by atoms with E-state index in [0.29, 0.717) is 0 Å². The Kier molecular flexibility index (Phi) is 39.8. The van der Waals surface area contributed by atoms with E-state index in [1.165, 1.54) is 13.0 Å². The molecule has 3 N–H and O–H groups in total. The van der Waals surface area contributed by atoms with Crippen molar-refractivity contribution in [2.75, 3.05) is 20.6 Å². The average Bonchev–Trinajstić information content (AvgIpc) is 1.35. The molecule has 0 amide bonds. The fraction of sp³-hybridized carbons (Fsp3) is 1.00. The fourth-order valence-corrected chi connectivity index (χ4v) is 0.447. The Morgan fingerprint density at radius 2 is 1.44 bits per heavy atom. The molecule has 0 aromatic rings. The van der Waals surface area contributed by atoms with Crippen LogP contribution in [-0.4, -0.2) is 25.5 Å². The number of hydrogen-bond acceptors (Lipinski definition) is 2. The van der Waals surface area contributed by atoms with E-state index in [0.717, 1.165) is 0 Å². The van der Waals surface area contributed by atoms with Crippen LogP contribution >= 0.6 is 24.8 Å². The van der Waals surface area contributed by atoms with Crippen LogP contribution in [0.5, 0.6) is 0 Å². The van der Waals surface area contributed by atoms with Crippen molar-refractivity contribution >= 4 is 24.8 Å². The smallest absolute Gasteiger partial charge is 0.00275 e. The van der Waals surface area contributed by atoms with Gasteiger partial charge in [-0.25, -0.2) is 0 Å². The van der Waals surface area contributed by atoms with Gasteiger partial charge in [0.15, 0.2) is 0 Å². The molecule has 0 radical (unpaired) electrons. The van der Waals surface area contributed by atoms with Crippen molar-refractivity contribution in [1.29, 1.82) is 0 Å². The molecule has 0 aliphatic carbocycles. The van der Waals surface area contributed by atoms with Crippen LogP contribution in [0.2, 0.25) is 0 Å². The third-order valence-electron chi connectivity index (χ3n) is 0.671. The summed E-state index contributed by atoms with van der Waals surface area (Å²) in [5.74, 6) is 0. The molecule has 0 spiro atoms. The summed E-state index contributed by atoms with van der Waals surface area (Å²) in [6, 6.07) is 0. The highest BCUT2D eigenvalue weighted by atomic mass is 35.5. The number of rotatable bonds is 2. The van der Waals surface area contributed by atoms with E-state index >= 15 is 0 Å². The zero-order valence-corrected chi connectivity index (χ0v) is 8.02. The predicted octanol–water partition coefficient (Wildman–Crippen LogP) is 1.96. The van der Waals surface area contributed by atoms with Crippen LogP contribution < -0.4 is 6.15 Å². The van der Waals surface area contributed by atoms with Gasteiger partial charge in [0.05, 0.1) is 0 Å². The van der Waals surface area contributed by atoms with Gasteiger partial charge >= 0.3 is 0 Å². The van der Waals surface area contributed by atoms with E-state index in [9.17, 15) is 0 Å². The largest absolute Gasteiger partial charge is 0.344 e. The molecule has 0 heterocycles. The van der Waals surface area contributed by atoms with Gasteiger partial charge in [0, 0.05) is 0 Å². The first kappa shape index (κ1) is 22.7. The van der Waals surface area contributed by atoms with Gasteiger partial charge in [0.25, 0.3) is 0 Å². The first-order valence-corrected chi connectivity index (χ1v) is 2.42. The lowest BCUT2D eigenvalue weighted by Gasteiger charge is -2.03. The Morgan fingerprint density at radius 3 is 1.44 bits per heavy atom. The summed E-state index contributed by atoms with van der Waals surface area (Å²) in [5.41, 5.74) is 0. The zero-order chi connectivity index (χ0) is 4.99. The van der Waals surface area contributed by atoms with E-state index < -0.39 is 0 Å². The molecule has 0 aromatic heterocycles. The third kappa shape index (κ3) is 29.3. The van der Waals surface area contributed by atoms with Gasteiger partial charge in [-0.05, 0) is 27.1 Å². The van der Waals surface area contributed by atoms with Crippen molar-refractivity contribution in [3.05, 3.63) is 0 Å². The maximum absolute atomic E-state index is 2.18. The van der Waals surface area contributed by atoms with Gasteiger partial charge < -0.3 is 11.1 Å². The van der Waals surface area contributed by atoms with Crippen LogP contribution in [-0.2, 0) is 0 Å². The van der Waals surface area contributed by atoms with Gasteiger partial charge in [0.1, 0.15) is 0 Å². The minimum atomic E-state index is 0. The second-order valence-corrected chi connectivity index (χ2v) is 1.80. The predicted molar refractivity (Wildman–Crippen MR) is 48.4 cm³/mol. The summed E-state index contributed by atoms with van der Waals surface area (Å²) in [5, 5.41) is 0. The summed E-state index contributed by atoms with van der Waals surface area (Å²) in [6.07, 6.45) is 1.26. The highest BCUT2D eigenvalue weighted by molar-refractivity contribution is 5.85. The molecule has 62 valence electrons. The van der Waals surface area contributed by atoms with Gasteiger partial charge in [-0.3, -0.25) is 0 Å². The number of hydrogen-bond donors (Lipinski definition) is 1. The van der Waals surface area contributed by atoms with Gasteiger partial charge in [0.2, 0.25) is 0 Å². The Balaban J connectivity index is -0.0000000417. The van der Waals surface area contributed by atoms with Crippen LogP contribution in [0.4, 0.5) is 0 Å². The second-order valence-electron chi connectivity index (χ2n) is 1.80. The van der Waals surface area contributed by atoms with E-state index in [1.807, 2.05) is 0 Å². The normalized spacial score (nSPS) is 6.67. The summed E-state index contributed by atoms with van der Waals surface area (Å²) in [6.45, 7) is 3.39. The molecule has 0 saturated heterocycles. The maximum Gasteiger partial charge on any atom is -0.00275 e. The van der Waals surface area contributed by atoms with Crippen LogP contribution in [0, 0.1) is 0 Å². The summed E-state index contributed by atoms with van der Waals surface area (Å²) in [7, 11) is 4.17. The van der Waals surface area contributed by atoms with Crippen molar-refractivity contribution in [3.63, 3.8) is 0 Å². The van der Waals surface area contributed by atoms with Crippen molar-refractivity contribution in [2.45, 2.75) is 13.3 Å². The minimum absolute atomic E-state index is 0. The average molecular weight is 177 g/mol. The molecular weight excluding hydrogens is 159 g/mol. The minimum Gasteiger partial charge on any atom is -0.344 e. The lowest BCUT2D eigenvalue weighted by molar-refractivity contribution is 0.408. The van der Waals surface area contributed by atoms with E-state index in [-0.39, 0.29) is 31.0 Å². The molecule has 0 aliphatic rings. The van der Waals surface area contributed by atoms with Crippen LogP contribution in [0.1, 0.15) is 13.3 Å². The van der Waals surface area contributed by atoms with Crippen molar-refractivity contribution in [1.82, 2.24) is 11.1 Å². The van der Waals surface area contributed by atoms with Crippen LogP contribution in [0.15, 0.2) is 0 Å². The van der Waals surface area contributed by atoms with Crippen molar-refractivity contribution in [3.8, 4) is 0 Å². The quantitative estimate of drug-likeness (QED) is 0.700. The van der Waals surface area contributed by atoms with E-state index in [4.69, 9.17) is 0 Å². The highest BCUT2D eigenvalue weighted by Crippen LogP contribution is 1.76. The van der Waals surface area contributed by atoms with Gasteiger partial charge in [-0.15, -0.1) is 24.8 Å². The molecule has 0 rings (SSSR count). The first-order valence-electron chi connectivity index (χ1n) is 2.42. The van der Waals surface area contributed by atoms with Gasteiger partial charge in [-0.2, -0.15) is 0 Å². The van der Waals surface area contributed by atoms with E-state index in [2.05, 4.69) is 25.9 Å². The zero-order valence-electron chi connectivity index (χ0n) is 6.39. The summed E-state index contributed by atoms with van der Waals surface area (Å²) >= 11 is 0. The lowest BCUT2D eigenvalue weighted by atomic mass is 10.5. The summed E-state index contributed by atoms with van der Waals surface area (Å²) in [4.78, 5) is 2.18. The molecular formula is C5H18Cl2N2. The monoisotopic (exact) mass is 176 g/mol. The number of nitrogens with zero attached hydrogens (tertiary/aromatic N) is 1. The molecule has 0 fully saturated rings. The molecule has 0 atom stereocenters. The lowest BCUT2D eigenvalue weighted by Crippen LogP contribution is -2.11. The highest BCUT2D eigenvalue weighted by Gasteiger charge is 1.79. The molecule has 0 aliphatic heterocycles. The Labute approximate surface area is 70.4 Å². The van der Waals surface area contributed by atoms with Gasteiger partial charge in [-0.1, -0.05) is 6.92 Å². The van der Waals surface area contributed by atoms with Crippen LogP contribution in [0.3, 0.4) is 0 Å². The summed E-state index contributed by atoms with van der Waals surface area (Å²) < 4.78 is 0. The Morgan fingerprint density at radius 1 is 1.11 bits per heavy atom. The topological polar surface area (TPSA) is 38.2 Å². The first-order chi connectivity index (χ1) is 2.77. The Hall–Kier alpha value is 0.500. The standard InChI is InChI=1S/C5H13N.2ClH.H3N/c1-4-5-6(2)3;;;/h4-5H2,1-3H3;2*1H;1H3. The fourth-order valence-electron chi connectivity index (χ4n) is 0.447. The Bertz CT molecular complexity index is 34.1. The molecule has 2 nitrogen and oxygen atoms in total. The third-order valence-corrected chi connectivity index (χ3v) is 0.671. The van der Waals surface area contributed by atoms with E-state index in [1.54, 1.807) is 0 Å². The number of halogens is 2. The molecule has 0 unspecified atom stereocenters. The molecule has 0 aromatic carbocycles.